The molecule has 1 saturated heterocycles. The Hall–Kier alpha value is -3.54. The zero-order valence-electron chi connectivity index (χ0n) is 16.1. The van der Waals surface area contributed by atoms with Crippen molar-refractivity contribution in [2.75, 3.05) is 11.5 Å². The molecule has 0 aromatic heterocycles. The number of rotatable bonds is 5. The van der Waals surface area contributed by atoms with Crippen molar-refractivity contribution in [2.24, 2.45) is 23.7 Å². The van der Waals surface area contributed by atoms with Gasteiger partial charge in [0.05, 0.1) is 23.1 Å². The van der Waals surface area contributed by atoms with Gasteiger partial charge in [-0.15, -0.1) is 0 Å². The third-order valence-electron chi connectivity index (χ3n) is 6.27. The predicted octanol–water partition coefficient (Wildman–Crippen LogP) is 3.04. The van der Waals surface area contributed by atoms with E-state index in [0.717, 1.165) is 11.3 Å². The molecule has 1 aliphatic heterocycles. The molecule has 0 unspecified atom stereocenters. The normalized spacial score (nSPS) is 26.2. The average molecular weight is 401 g/mol. The van der Waals surface area contributed by atoms with Crippen LogP contribution < -0.4 is 4.90 Å². The van der Waals surface area contributed by atoms with E-state index in [-0.39, 0.29) is 52.5 Å². The third kappa shape index (κ3) is 2.79. The molecule has 2 bridgehead atoms. The van der Waals surface area contributed by atoms with Crippen molar-refractivity contribution in [2.45, 2.75) is 6.42 Å². The minimum absolute atomic E-state index is 0.0871. The third-order valence-corrected chi connectivity index (χ3v) is 6.27. The topological polar surface area (TPSA) is 80.8 Å². The summed E-state index contributed by atoms with van der Waals surface area (Å²) in [5.41, 5.74) is 0.762. The van der Waals surface area contributed by atoms with Crippen LogP contribution in [0.15, 0.2) is 66.7 Å². The summed E-state index contributed by atoms with van der Waals surface area (Å²) in [4.78, 5) is 52.3. The molecule has 2 fully saturated rings. The molecule has 6 nitrogen and oxygen atoms in total. The fourth-order valence-corrected chi connectivity index (χ4v) is 4.90. The molecular weight excluding hydrogens is 382 g/mol. The summed E-state index contributed by atoms with van der Waals surface area (Å²) in [5, 5.41) is 0. The number of allylic oxidation sites excluding steroid dienone is 2. The number of carbonyl (C=O) groups excluding carboxylic acids is 4. The first kappa shape index (κ1) is 18.5. The van der Waals surface area contributed by atoms with Crippen LogP contribution in [-0.4, -0.2) is 30.2 Å². The SMILES string of the molecule is O=C(COC(=O)c1ccccc1N1C(=O)[C@H]2[C@H](C1=O)[C@H]1C=C[C@H]2C1)c1ccccc1. The Morgan fingerprint density at radius 3 is 2.13 bits per heavy atom. The highest BCUT2D eigenvalue weighted by Gasteiger charge is 2.59. The Balaban J connectivity index is 1.37. The van der Waals surface area contributed by atoms with Crippen molar-refractivity contribution in [3.05, 3.63) is 77.9 Å². The number of fused-ring (bicyclic) bond motifs is 5. The predicted molar refractivity (Wildman–Crippen MR) is 108 cm³/mol. The first-order valence-corrected chi connectivity index (χ1v) is 9.97. The van der Waals surface area contributed by atoms with Crippen LogP contribution in [0, 0.1) is 23.7 Å². The van der Waals surface area contributed by atoms with Gasteiger partial charge in [0.15, 0.2) is 12.4 Å². The number of benzene rings is 2. The number of esters is 1. The number of hydrogen-bond donors (Lipinski definition) is 0. The van der Waals surface area contributed by atoms with E-state index in [1.165, 1.54) is 6.07 Å². The first-order valence-electron chi connectivity index (χ1n) is 9.97. The van der Waals surface area contributed by atoms with Gasteiger partial charge in [-0.05, 0) is 30.4 Å². The summed E-state index contributed by atoms with van der Waals surface area (Å²) in [5.74, 6) is -2.12. The lowest BCUT2D eigenvalue weighted by Gasteiger charge is -2.19. The number of imide groups is 1. The van der Waals surface area contributed by atoms with Gasteiger partial charge in [0, 0.05) is 5.56 Å². The van der Waals surface area contributed by atoms with E-state index < -0.39 is 12.6 Å². The van der Waals surface area contributed by atoms with Crippen LogP contribution in [0.25, 0.3) is 0 Å². The summed E-state index contributed by atoms with van der Waals surface area (Å²) in [6, 6.07) is 14.9. The largest absolute Gasteiger partial charge is 0.454 e. The van der Waals surface area contributed by atoms with E-state index in [0.29, 0.717) is 5.56 Å². The smallest absolute Gasteiger partial charge is 0.340 e. The lowest BCUT2D eigenvalue weighted by atomic mass is 9.85. The summed E-state index contributed by atoms with van der Waals surface area (Å²) in [6.45, 7) is -0.418. The van der Waals surface area contributed by atoms with Crippen LogP contribution in [0.3, 0.4) is 0 Å². The van der Waals surface area contributed by atoms with Gasteiger partial charge < -0.3 is 4.74 Å². The Kier molecular flexibility index (Phi) is 4.35. The van der Waals surface area contributed by atoms with E-state index in [1.54, 1.807) is 48.5 Å². The lowest BCUT2D eigenvalue weighted by Crippen LogP contribution is -2.34. The first-order chi connectivity index (χ1) is 14.6. The number of para-hydroxylation sites is 1. The number of hydrogen-bond acceptors (Lipinski definition) is 5. The zero-order valence-corrected chi connectivity index (χ0v) is 16.1. The molecular formula is C24H19NO5. The number of ketones is 1. The monoisotopic (exact) mass is 401 g/mol. The second-order valence-corrected chi connectivity index (χ2v) is 7.89. The quantitative estimate of drug-likeness (QED) is 0.333. The minimum Gasteiger partial charge on any atom is -0.454 e. The van der Waals surface area contributed by atoms with Crippen LogP contribution in [0.1, 0.15) is 27.1 Å². The molecule has 2 aliphatic carbocycles. The number of ether oxygens (including phenoxy) is 1. The maximum Gasteiger partial charge on any atom is 0.340 e. The molecule has 2 amide bonds. The van der Waals surface area contributed by atoms with Crippen molar-refractivity contribution in [1.29, 1.82) is 0 Å². The summed E-state index contributed by atoms with van der Waals surface area (Å²) < 4.78 is 5.21. The van der Waals surface area contributed by atoms with Crippen LogP contribution >= 0.6 is 0 Å². The Morgan fingerprint density at radius 1 is 0.867 bits per heavy atom. The summed E-state index contributed by atoms with van der Waals surface area (Å²) >= 11 is 0. The molecule has 3 aliphatic rings. The summed E-state index contributed by atoms with van der Waals surface area (Å²) in [6.07, 6.45) is 4.89. The van der Waals surface area contributed by atoms with E-state index in [4.69, 9.17) is 4.74 Å². The highest BCUT2D eigenvalue weighted by Crippen LogP contribution is 2.53. The lowest BCUT2D eigenvalue weighted by molar-refractivity contribution is -0.123. The van der Waals surface area contributed by atoms with E-state index >= 15 is 0 Å². The van der Waals surface area contributed by atoms with Crippen molar-refractivity contribution >= 4 is 29.3 Å². The molecule has 1 saturated carbocycles. The second kappa shape index (κ2) is 7.06. The van der Waals surface area contributed by atoms with E-state index in [1.807, 2.05) is 12.2 Å². The fourth-order valence-electron chi connectivity index (χ4n) is 4.90. The van der Waals surface area contributed by atoms with Crippen molar-refractivity contribution < 1.29 is 23.9 Å². The maximum atomic E-state index is 13.1. The van der Waals surface area contributed by atoms with Gasteiger partial charge in [-0.2, -0.15) is 0 Å². The van der Waals surface area contributed by atoms with Gasteiger partial charge in [0.2, 0.25) is 11.8 Å². The van der Waals surface area contributed by atoms with Gasteiger partial charge in [-0.3, -0.25) is 14.4 Å². The van der Waals surface area contributed by atoms with Crippen LogP contribution in [-0.2, 0) is 14.3 Å². The van der Waals surface area contributed by atoms with E-state index in [2.05, 4.69) is 0 Å². The van der Waals surface area contributed by atoms with Crippen molar-refractivity contribution in [3.8, 4) is 0 Å². The maximum absolute atomic E-state index is 13.1. The molecule has 2 aromatic carbocycles. The zero-order chi connectivity index (χ0) is 20.8. The molecule has 2 aromatic rings. The average Bonchev–Trinajstić information content (AvgIpc) is 3.46. The Labute approximate surface area is 173 Å². The number of Topliss-reactive ketones (excluding diaryl/α,β-unsaturated/α-hetero) is 1. The molecule has 150 valence electrons. The summed E-state index contributed by atoms with van der Waals surface area (Å²) in [7, 11) is 0. The molecule has 30 heavy (non-hydrogen) atoms. The molecule has 4 atom stereocenters. The van der Waals surface area contributed by atoms with Gasteiger partial charge in [-0.25, -0.2) is 9.69 Å². The van der Waals surface area contributed by atoms with Crippen LogP contribution in [0.2, 0.25) is 0 Å². The molecule has 1 heterocycles. The molecule has 5 rings (SSSR count). The van der Waals surface area contributed by atoms with Gasteiger partial charge >= 0.3 is 5.97 Å². The molecule has 0 radical (unpaired) electrons. The van der Waals surface area contributed by atoms with Crippen LogP contribution in [0.4, 0.5) is 5.69 Å². The minimum atomic E-state index is -0.742. The van der Waals surface area contributed by atoms with Gasteiger partial charge in [0.25, 0.3) is 0 Å². The Bertz CT molecular complexity index is 1060. The van der Waals surface area contributed by atoms with Crippen LogP contribution in [0.5, 0.6) is 0 Å². The highest BCUT2D eigenvalue weighted by molar-refractivity contribution is 6.24. The van der Waals surface area contributed by atoms with Crippen molar-refractivity contribution in [1.82, 2.24) is 0 Å². The number of carbonyl (C=O) groups is 4. The molecule has 0 spiro atoms. The van der Waals surface area contributed by atoms with E-state index in [9.17, 15) is 19.2 Å². The second-order valence-electron chi connectivity index (χ2n) is 7.89. The molecule has 0 N–H and O–H groups in total. The van der Waals surface area contributed by atoms with Gasteiger partial charge in [-0.1, -0.05) is 54.6 Å². The number of amides is 2. The fraction of sp³-hybridized carbons (Fsp3) is 0.250. The molecule has 6 heteroatoms. The number of nitrogens with zero attached hydrogens (tertiary/aromatic N) is 1. The highest BCUT2D eigenvalue weighted by atomic mass is 16.5. The standard InChI is InChI=1S/C24H19NO5/c26-19(14-6-2-1-3-7-14)13-30-24(29)17-8-4-5-9-18(17)25-22(27)20-15-10-11-16(12-15)21(20)23(25)28/h1-11,15-16,20-21H,12-13H2/t15-,16-,20+,21+/m0/s1. The Morgan fingerprint density at radius 2 is 1.47 bits per heavy atom. The van der Waals surface area contributed by atoms with Crippen molar-refractivity contribution in [3.63, 3.8) is 0 Å². The number of anilines is 1. The van der Waals surface area contributed by atoms with Gasteiger partial charge in [0.1, 0.15) is 0 Å².